The standard InChI is InChI=1S/C20H18N4O3S2/c1-24-18(26)13-5-3-4-6-14(13)22-20(24)28-10-9-17(25)23-19-21-15-8-7-12(27-2)11-16(15)29-19/h3-8,11H,9-10H2,1-2H3,(H,21,23,25). The Morgan fingerprint density at radius 1 is 1.21 bits per heavy atom. The molecule has 0 spiro atoms. The number of amides is 1. The van der Waals surface area contributed by atoms with Gasteiger partial charge in [0.25, 0.3) is 5.56 Å². The Bertz CT molecular complexity index is 1270. The Labute approximate surface area is 174 Å². The maximum Gasteiger partial charge on any atom is 0.261 e. The number of carbonyl (C=O) groups excluding carboxylic acids is 1. The SMILES string of the molecule is COc1ccc2nc(NC(=O)CCSc3nc4ccccc4c(=O)n3C)sc2c1. The van der Waals surface area contributed by atoms with Crippen LogP contribution in [0.3, 0.4) is 0 Å². The average molecular weight is 427 g/mol. The van der Waals surface area contributed by atoms with E-state index in [4.69, 9.17) is 4.74 Å². The van der Waals surface area contributed by atoms with Gasteiger partial charge in [-0.25, -0.2) is 9.97 Å². The molecule has 0 fully saturated rings. The van der Waals surface area contributed by atoms with E-state index in [1.807, 2.05) is 36.4 Å². The highest BCUT2D eigenvalue weighted by molar-refractivity contribution is 7.99. The molecule has 0 atom stereocenters. The minimum Gasteiger partial charge on any atom is -0.497 e. The molecular weight excluding hydrogens is 408 g/mol. The summed E-state index contributed by atoms with van der Waals surface area (Å²) < 4.78 is 7.68. The van der Waals surface area contributed by atoms with E-state index in [1.54, 1.807) is 20.2 Å². The Kier molecular flexibility index (Phi) is 5.50. The Morgan fingerprint density at radius 3 is 2.86 bits per heavy atom. The lowest BCUT2D eigenvalue weighted by molar-refractivity contribution is -0.115. The number of nitrogens with zero attached hydrogens (tertiary/aromatic N) is 3. The summed E-state index contributed by atoms with van der Waals surface area (Å²) in [6.07, 6.45) is 0.284. The van der Waals surface area contributed by atoms with Gasteiger partial charge in [-0.3, -0.25) is 14.2 Å². The number of para-hydroxylation sites is 1. The fraction of sp³-hybridized carbons (Fsp3) is 0.200. The molecule has 0 saturated heterocycles. The zero-order valence-corrected chi connectivity index (χ0v) is 17.5. The smallest absolute Gasteiger partial charge is 0.261 e. The Balaban J connectivity index is 1.40. The molecular formula is C20H18N4O3S2. The zero-order chi connectivity index (χ0) is 20.4. The lowest BCUT2D eigenvalue weighted by atomic mass is 10.2. The number of hydrogen-bond acceptors (Lipinski definition) is 7. The summed E-state index contributed by atoms with van der Waals surface area (Å²) in [6.45, 7) is 0. The summed E-state index contributed by atoms with van der Waals surface area (Å²) in [6, 6.07) is 12.8. The van der Waals surface area contributed by atoms with Gasteiger partial charge >= 0.3 is 0 Å². The van der Waals surface area contributed by atoms with Crippen molar-refractivity contribution in [2.45, 2.75) is 11.6 Å². The van der Waals surface area contributed by atoms with E-state index in [0.717, 1.165) is 16.0 Å². The summed E-state index contributed by atoms with van der Waals surface area (Å²) in [5, 5.41) is 4.57. The number of thiazole rings is 1. The summed E-state index contributed by atoms with van der Waals surface area (Å²) in [5.41, 5.74) is 1.38. The average Bonchev–Trinajstić information content (AvgIpc) is 3.12. The highest BCUT2D eigenvalue weighted by Crippen LogP contribution is 2.29. The van der Waals surface area contributed by atoms with Crippen molar-refractivity contribution in [2.75, 3.05) is 18.2 Å². The van der Waals surface area contributed by atoms with Crippen molar-refractivity contribution >= 4 is 55.3 Å². The van der Waals surface area contributed by atoms with E-state index in [1.165, 1.54) is 27.7 Å². The molecule has 0 bridgehead atoms. The molecule has 1 N–H and O–H groups in total. The maximum absolute atomic E-state index is 12.4. The van der Waals surface area contributed by atoms with Crippen molar-refractivity contribution < 1.29 is 9.53 Å². The van der Waals surface area contributed by atoms with E-state index < -0.39 is 0 Å². The molecule has 0 aliphatic heterocycles. The first-order valence-electron chi connectivity index (χ1n) is 8.88. The molecule has 7 nitrogen and oxygen atoms in total. The van der Waals surface area contributed by atoms with E-state index in [9.17, 15) is 9.59 Å². The van der Waals surface area contributed by atoms with E-state index in [-0.39, 0.29) is 17.9 Å². The molecule has 0 radical (unpaired) electrons. The summed E-state index contributed by atoms with van der Waals surface area (Å²) in [4.78, 5) is 33.7. The van der Waals surface area contributed by atoms with Crippen LogP contribution in [0.2, 0.25) is 0 Å². The molecule has 1 amide bonds. The van der Waals surface area contributed by atoms with Gasteiger partial charge in [0, 0.05) is 19.2 Å². The maximum atomic E-state index is 12.4. The van der Waals surface area contributed by atoms with E-state index >= 15 is 0 Å². The number of anilines is 1. The summed E-state index contributed by atoms with van der Waals surface area (Å²) in [5.74, 6) is 1.13. The fourth-order valence-electron chi connectivity index (χ4n) is 2.83. The molecule has 0 aliphatic carbocycles. The van der Waals surface area contributed by atoms with Crippen LogP contribution in [0.5, 0.6) is 5.75 Å². The third-order valence-electron chi connectivity index (χ3n) is 4.34. The lowest BCUT2D eigenvalue weighted by Gasteiger charge is -2.08. The molecule has 4 rings (SSSR count). The number of rotatable bonds is 6. The van der Waals surface area contributed by atoms with E-state index in [0.29, 0.717) is 26.9 Å². The number of aromatic nitrogens is 3. The normalized spacial score (nSPS) is 11.1. The van der Waals surface area contributed by atoms with Gasteiger partial charge in [0.15, 0.2) is 10.3 Å². The van der Waals surface area contributed by atoms with Crippen molar-refractivity contribution in [1.82, 2.24) is 14.5 Å². The number of ether oxygens (including phenoxy) is 1. The molecule has 0 aliphatic rings. The minimum absolute atomic E-state index is 0.0903. The van der Waals surface area contributed by atoms with Gasteiger partial charge in [-0.05, 0) is 30.3 Å². The highest BCUT2D eigenvalue weighted by atomic mass is 32.2. The number of benzene rings is 2. The first kappa shape index (κ1) is 19.4. The Hall–Kier alpha value is -2.91. The predicted molar refractivity (Wildman–Crippen MR) is 117 cm³/mol. The van der Waals surface area contributed by atoms with Gasteiger partial charge in [-0.1, -0.05) is 35.2 Å². The third-order valence-corrected chi connectivity index (χ3v) is 6.31. The molecule has 0 saturated carbocycles. The van der Waals surface area contributed by atoms with Crippen molar-refractivity contribution in [3.05, 3.63) is 52.8 Å². The van der Waals surface area contributed by atoms with Gasteiger partial charge in [-0.2, -0.15) is 0 Å². The van der Waals surface area contributed by atoms with Crippen molar-refractivity contribution in [3.63, 3.8) is 0 Å². The fourth-order valence-corrected chi connectivity index (χ4v) is 4.65. The van der Waals surface area contributed by atoms with Crippen LogP contribution in [0, 0.1) is 0 Å². The first-order chi connectivity index (χ1) is 14.0. The lowest BCUT2D eigenvalue weighted by Crippen LogP contribution is -2.20. The second-order valence-electron chi connectivity index (χ2n) is 6.28. The van der Waals surface area contributed by atoms with Gasteiger partial charge < -0.3 is 10.1 Å². The predicted octanol–water partition coefficient (Wildman–Crippen LogP) is 3.67. The van der Waals surface area contributed by atoms with Gasteiger partial charge in [0.2, 0.25) is 5.91 Å². The quantitative estimate of drug-likeness (QED) is 0.374. The molecule has 2 heterocycles. The van der Waals surface area contributed by atoms with Gasteiger partial charge in [0.1, 0.15) is 5.75 Å². The number of hydrogen-bond donors (Lipinski definition) is 1. The summed E-state index contributed by atoms with van der Waals surface area (Å²) in [7, 11) is 3.31. The second-order valence-corrected chi connectivity index (χ2v) is 8.37. The van der Waals surface area contributed by atoms with Crippen LogP contribution < -0.4 is 15.6 Å². The van der Waals surface area contributed by atoms with Crippen molar-refractivity contribution in [3.8, 4) is 5.75 Å². The molecule has 4 aromatic rings. The van der Waals surface area contributed by atoms with Crippen LogP contribution in [0.4, 0.5) is 5.13 Å². The van der Waals surface area contributed by atoms with Crippen molar-refractivity contribution in [2.24, 2.45) is 7.05 Å². The minimum atomic E-state index is -0.130. The number of nitrogens with one attached hydrogen (secondary N) is 1. The number of thioether (sulfide) groups is 1. The van der Waals surface area contributed by atoms with Crippen LogP contribution in [0.15, 0.2) is 52.4 Å². The van der Waals surface area contributed by atoms with E-state index in [2.05, 4.69) is 15.3 Å². The summed E-state index contributed by atoms with van der Waals surface area (Å²) >= 11 is 2.79. The molecule has 0 unspecified atom stereocenters. The molecule has 9 heteroatoms. The number of methoxy groups -OCH3 is 1. The van der Waals surface area contributed by atoms with Crippen LogP contribution in [-0.4, -0.2) is 33.3 Å². The number of carbonyl (C=O) groups is 1. The number of fused-ring (bicyclic) bond motifs is 2. The highest BCUT2D eigenvalue weighted by Gasteiger charge is 2.11. The zero-order valence-electron chi connectivity index (χ0n) is 15.8. The molecule has 148 valence electrons. The van der Waals surface area contributed by atoms with Crippen LogP contribution >= 0.6 is 23.1 Å². The van der Waals surface area contributed by atoms with Crippen molar-refractivity contribution in [1.29, 1.82) is 0 Å². The van der Waals surface area contributed by atoms with Gasteiger partial charge in [0.05, 0.1) is 28.2 Å². The van der Waals surface area contributed by atoms with Gasteiger partial charge in [-0.15, -0.1) is 0 Å². The third kappa shape index (κ3) is 4.10. The topological polar surface area (TPSA) is 86.1 Å². The monoisotopic (exact) mass is 426 g/mol. The second kappa shape index (κ2) is 8.22. The molecule has 2 aromatic heterocycles. The van der Waals surface area contributed by atoms with Crippen LogP contribution in [-0.2, 0) is 11.8 Å². The van der Waals surface area contributed by atoms with Crippen LogP contribution in [0.1, 0.15) is 6.42 Å². The van der Waals surface area contributed by atoms with Crippen LogP contribution in [0.25, 0.3) is 21.1 Å². The molecule has 29 heavy (non-hydrogen) atoms. The largest absolute Gasteiger partial charge is 0.497 e. The Morgan fingerprint density at radius 2 is 2.03 bits per heavy atom. The molecule has 2 aromatic carbocycles. The first-order valence-corrected chi connectivity index (χ1v) is 10.7.